The van der Waals surface area contributed by atoms with Crippen molar-refractivity contribution in [2.75, 3.05) is 7.05 Å². The Kier molecular flexibility index (Phi) is 2.56. The van der Waals surface area contributed by atoms with E-state index in [9.17, 15) is 0 Å². The first-order valence-electron chi connectivity index (χ1n) is 4.53. The Bertz CT molecular complexity index is 450. The predicted octanol–water partition coefficient (Wildman–Crippen LogP) is 2.61. The maximum atomic E-state index is 4.25. The van der Waals surface area contributed by atoms with Gasteiger partial charge in [0.1, 0.15) is 0 Å². The van der Waals surface area contributed by atoms with Crippen LogP contribution in [0.25, 0.3) is 10.9 Å². The zero-order chi connectivity index (χ0) is 10.1. The van der Waals surface area contributed by atoms with Gasteiger partial charge in [0.15, 0.2) is 0 Å². The Morgan fingerprint density at radius 2 is 2.29 bits per heavy atom. The van der Waals surface area contributed by atoms with E-state index in [1.807, 2.05) is 25.2 Å². The fourth-order valence-corrected chi connectivity index (χ4v) is 2.08. The molecule has 0 saturated heterocycles. The molecule has 0 fully saturated rings. The number of fused-ring (bicyclic) bond motifs is 1. The summed E-state index contributed by atoms with van der Waals surface area (Å²) in [6.07, 6.45) is 0. The van der Waals surface area contributed by atoms with Crippen molar-refractivity contribution in [1.29, 1.82) is 0 Å². The third-order valence-corrected chi connectivity index (χ3v) is 3.08. The van der Waals surface area contributed by atoms with Crippen LogP contribution in [0.1, 0.15) is 18.7 Å². The molecule has 1 atom stereocenters. The van der Waals surface area contributed by atoms with E-state index in [2.05, 4.69) is 38.4 Å². The molecule has 0 bridgehead atoms. The largest absolute Gasteiger partial charge is 0.312 e. The monoisotopic (exact) mass is 253 g/mol. The van der Waals surface area contributed by atoms with Crippen molar-refractivity contribution in [3.8, 4) is 0 Å². The molecular formula is C10H12BrN3. The standard InChI is InChI=1S/C10H12BrN3/c1-6(12-2)10-9-7(11)4-3-5-8(9)13-14-10/h3-6,12H,1-2H3,(H,13,14). The minimum Gasteiger partial charge on any atom is -0.312 e. The van der Waals surface area contributed by atoms with Crippen molar-refractivity contribution < 1.29 is 0 Å². The molecule has 0 amide bonds. The molecule has 3 nitrogen and oxygen atoms in total. The number of hydrogen-bond donors (Lipinski definition) is 2. The van der Waals surface area contributed by atoms with Crippen molar-refractivity contribution in [2.24, 2.45) is 0 Å². The molecule has 0 radical (unpaired) electrons. The van der Waals surface area contributed by atoms with Gasteiger partial charge in [-0.15, -0.1) is 0 Å². The van der Waals surface area contributed by atoms with Crippen LogP contribution >= 0.6 is 15.9 Å². The van der Waals surface area contributed by atoms with E-state index in [-0.39, 0.29) is 6.04 Å². The van der Waals surface area contributed by atoms with Gasteiger partial charge in [-0.3, -0.25) is 5.10 Å². The van der Waals surface area contributed by atoms with E-state index in [1.54, 1.807) is 0 Å². The summed E-state index contributed by atoms with van der Waals surface area (Å²) in [7, 11) is 1.94. The van der Waals surface area contributed by atoms with Gasteiger partial charge >= 0.3 is 0 Å². The molecule has 0 spiro atoms. The van der Waals surface area contributed by atoms with Gasteiger partial charge in [0.25, 0.3) is 0 Å². The van der Waals surface area contributed by atoms with Gasteiger partial charge < -0.3 is 5.32 Å². The van der Waals surface area contributed by atoms with Crippen LogP contribution in [0.4, 0.5) is 0 Å². The van der Waals surface area contributed by atoms with Gasteiger partial charge in [-0.2, -0.15) is 5.10 Å². The molecule has 0 aliphatic heterocycles. The van der Waals surface area contributed by atoms with Crippen molar-refractivity contribution in [3.05, 3.63) is 28.4 Å². The average Bonchev–Trinajstić information content (AvgIpc) is 2.62. The maximum absolute atomic E-state index is 4.25. The minimum absolute atomic E-state index is 0.277. The van der Waals surface area contributed by atoms with Gasteiger partial charge in [0, 0.05) is 15.9 Å². The van der Waals surface area contributed by atoms with E-state index < -0.39 is 0 Å². The molecular weight excluding hydrogens is 242 g/mol. The number of aromatic nitrogens is 2. The lowest BCUT2D eigenvalue weighted by atomic mass is 10.1. The number of halogens is 1. The summed E-state index contributed by atoms with van der Waals surface area (Å²) < 4.78 is 1.08. The first kappa shape index (κ1) is 9.68. The smallest absolute Gasteiger partial charge is 0.0935 e. The molecule has 0 saturated carbocycles. The van der Waals surface area contributed by atoms with E-state index in [1.165, 1.54) is 0 Å². The topological polar surface area (TPSA) is 40.7 Å². The third-order valence-electron chi connectivity index (χ3n) is 2.42. The molecule has 74 valence electrons. The van der Waals surface area contributed by atoms with Crippen LogP contribution in [0.2, 0.25) is 0 Å². The molecule has 2 rings (SSSR count). The lowest BCUT2D eigenvalue weighted by Gasteiger charge is -2.08. The SMILES string of the molecule is CNC(C)c1[nH]nc2cccc(Br)c12. The van der Waals surface area contributed by atoms with Crippen LogP contribution in [0.3, 0.4) is 0 Å². The van der Waals surface area contributed by atoms with Crippen LogP contribution in [-0.4, -0.2) is 17.2 Å². The number of nitrogens with one attached hydrogen (secondary N) is 2. The first-order valence-corrected chi connectivity index (χ1v) is 5.33. The highest BCUT2D eigenvalue weighted by molar-refractivity contribution is 9.10. The Morgan fingerprint density at radius 1 is 1.50 bits per heavy atom. The molecule has 1 aromatic heterocycles. The number of benzene rings is 1. The number of aromatic amines is 1. The van der Waals surface area contributed by atoms with Crippen molar-refractivity contribution in [3.63, 3.8) is 0 Å². The summed E-state index contributed by atoms with van der Waals surface area (Å²) in [5, 5.41) is 11.7. The van der Waals surface area contributed by atoms with E-state index in [0.29, 0.717) is 0 Å². The van der Waals surface area contributed by atoms with Crippen molar-refractivity contribution in [2.45, 2.75) is 13.0 Å². The predicted molar refractivity (Wildman–Crippen MR) is 61.3 cm³/mol. The lowest BCUT2D eigenvalue weighted by Crippen LogP contribution is -2.12. The number of nitrogens with zero attached hydrogens (tertiary/aromatic N) is 1. The average molecular weight is 254 g/mol. The van der Waals surface area contributed by atoms with Gasteiger partial charge in [0.05, 0.1) is 11.2 Å². The van der Waals surface area contributed by atoms with Crippen molar-refractivity contribution >= 4 is 26.8 Å². The highest BCUT2D eigenvalue weighted by Gasteiger charge is 2.12. The Balaban J connectivity index is 2.67. The van der Waals surface area contributed by atoms with Crippen LogP contribution in [0.15, 0.2) is 22.7 Å². The van der Waals surface area contributed by atoms with E-state index in [0.717, 1.165) is 21.1 Å². The zero-order valence-electron chi connectivity index (χ0n) is 8.13. The Morgan fingerprint density at radius 3 is 3.00 bits per heavy atom. The zero-order valence-corrected chi connectivity index (χ0v) is 9.72. The van der Waals surface area contributed by atoms with Crippen LogP contribution < -0.4 is 5.32 Å². The second kappa shape index (κ2) is 3.71. The molecule has 1 aromatic carbocycles. The second-order valence-electron chi connectivity index (χ2n) is 3.28. The number of rotatable bonds is 2. The Labute approximate surface area is 91.0 Å². The van der Waals surface area contributed by atoms with Gasteiger partial charge in [-0.25, -0.2) is 0 Å². The molecule has 1 unspecified atom stereocenters. The quantitative estimate of drug-likeness (QED) is 0.864. The Hall–Kier alpha value is -0.870. The number of hydrogen-bond acceptors (Lipinski definition) is 2. The molecule has 4 heteroatoms. The fourth-order valence-electron chi connectivity index (χ4n) is 1.51. The van der Waals surface area contributed by atoms with E-state index >= 15 is 0 Å². The highest BCUT2D eigenvalue weighted by atomic mass is 79.9. The second-order valence-corrected chi connectivity index (χ2v) is 4.14. The summed E-state index contributed by atoms with van der Waals surface area (Å²) in [6, 6.07) is 6.30. The van der Waals surface area contributed by atoms with Crippen molar-refractivity contribution in [1.82, 2.24) is 15.5 Å². The van der Waals surface area contributed by atoms with Gasteiger partial charge in [0.2, 0.25) is 0 Å². The summed E-state index contributed by atoms with van der Waals surface area (Å²) >= 11 is 3.54. The lowest BCUT2D eigenvalue weighted by molar-refractivity contribution is 0.634. The highest BCUT2D eigenvalue weighted by Crippen LogP contribution is 2.28. The summed E-state index contributed by atoms with van der Waals surface area (Å²) in [5.74, 6) is 0. The first-order chi connectivity index (χ1) is 6.74. The van der Waals surface area contributed by atoms with Crippen LogP contribution in [-0.2, 0) is 0 Å². The molecule has 1 heterocycles. The molecule has 14 heavy (non-hydrogen) atoms. The maximum Gasteiger partial charge on any atom is 0.0935 e. The molecule has 2 N–H and O–H groups in total. The van der Waals surface area contributed by atoms with Crippen LogP contribution in [0.5, 0.6) is 0 Å². The number of H-pyrrole nitrogens is 1. The molecule has 0 aliphatic rings. The third kappa shape index (κ3) is 1.44. The van der Waals surface area contributed by atoms with Gasteiger partial charge in [-0.05, 0) is 26.1 Å². The summed E-state index contributed by atoms with van der Waals surface area (Å²) in [6.45, 7) is 2.10. The fraction of sp³-hybridized carbons (Fsp3) is 0.300. The normalized spacial score (nSPS) is 13.4. The van der Waals surface area contributed by atoms with Gasteiger partial charge in [-0.1, -0.05) is 22.0 Å². The minimum atomic E-state index is 0.277. The molecule has 0 aliphatic carbocycles. The summed E-state index contributed by atoms with van der Waals surface area (Å²) in [5.41, 5.74) is 2.12. The summed E-state index contributed by atoms with van der Waals surface area (Å²) in [4.78, 5) is 0. The van der Waals surface area contributed by atoms with Crippen LogP contribution in [0, 0.1) is 0 Å². The molecule has 2 aromatic rings. The van der Waals surface area contributed by atoms with E-state index in [4.69, 9.17) is 0 Å².